The van der Waals surface area contributed by atoms with Crippen LogP contribution in [0.3, 0.4) is 0 Å². The van der Waals surface area contributed by atoms with Crippen LogP contribution in [-0.4, -0.2) is 31.2 Å². The van der Waals surface area contributed by atoms with E-state index < -0.39 is 0 Å². The monoisotopic (exact) mass is 435 g/mol. The molecule has 0 amide bonds. The number of rotatable bonds is 4. The van der Waals surface area contributed by atoms with Crippen LogP contribution in [0, 0.1) is 5.92 Å². The molecule has 0 saturated heterocycles. The van der Waals surface area contributed by atoms with Crippen LogP contribution in [0.4, 0.5) is 5.69 Å². The van der Waals surface area contributed by atoms with Crippen LogP contribution in [0.5, 0.6) is 34.5 Å². The second kappa shape index (κ2) is 7.75. The van der Waals surface area contributed by atoms with Crippen LogP contribution in [0.2, 0.25) is 0 Å². The zero-order valence-electron chi connectivity index (χ0n) is 18.1. The molecular weight excluding hydrogens is 410 g/mol. The van der Waals surface area contributed by atoms with Crippen LogP contribution in [0.1, 0.15) is 35.6 Å². The van der Waals surface area contributed by atoms with Crippen molar-refractivity contribution in [3.63, 3.8) is 0 Å². The van der Waals surface area contributed by atoms with Gasteiger partial charge in [-0.05, 0) is 52.9 Å². The fraction of sp³-hybridized carbons (Fsp3) is 0.280. The molecule has 7 nitrogen and oxygen atoms in total. The molecule has 2 aliphatic rings. The first-order chi connectivity index (χ1) is 15.5. The van der Waals surface area contributed by atoms with Crippen LogP contribution in [0.15, 0.2) is 48.5 Å². The summed E-state index contributed by atoms with van der Waals surface area (Å²) in [6, 6.07) is 14.8. The molecule has 0 unspecified atom stereocenters. The summed E-state index contributed by atoms with van der Waals surface area (Å²) in [7, 11) is 3.07. The summed E-state index contributed by atoms with van der Waals surface area (Å²) in [5, 5.41) is 24.1. The van der Waals surface area contributed by atoms with E-state index in [0.29, 0.717) is 23.0 Å². The summed E-state index contributed by atoms with van der Waals surface area (Å²) in [5.74, 6) is 2.53. The number of nitrogens with one attached hydrogen (secondary N) is 1. The molecule has 0 fully saturated rings. The predicted molar refractivity (Wildman–Crippen MR) is 119 cm³/mol. The summed E-state index contributed by atoms with van der Waals surface area (Å²) >= 11 is 0. The van der Waals surface area contributed by atoms with Gasteiger partial charge in [0.15, 0.2) is 34.5 Å². The van der Waals surface area contributed by atoms with E-state index in [9.17, 15) is 10.2 Å². The van der Waals surface area contributed by atoms with E-state index in [2.05, 4.69) is 12.2 Å². The average molecular weight is 435 g/mol. The predicted octanol–water partition coefficient (Wildman–Crippen LogP) is 4.78. The Balaban J connectivity index is 1.65. The average Bonchev–Trinajstić information content (AvgIpc) is 3.25. The summed E-state index contributed by atoms with van der Waals surface area (Å²) in [6.45, 7) is 2.36. The molecule has 3 atom stereocenters. The Labute approximate surface area is 186 Å². The van der Waals surface area contributed by atoms with Gasteiger partial charge in [-0.25, -0.2) is 0 Å². The molecule has 5 rings (SSSR count). The molecule has 7 heteroatoms. The van der Waals surface area contributed by atoms with Crippen molar-refractivity contribution in [2.24, 2.45) is 5.92 Å². The molecule has 3 N–H and O–H groups in total. The molecule has 32 heavy (non-hydrogen) atoms. The Morgan fingerprint density at radius 1 is 0.844 bits per heavy atom. The normalized spacial score (nSPS) is 20.9. The zero-order valence-corrected chi connectivity index (χ0v) is 18.1. The smallest absolute Gasteiger partial charge is 0.231 e. The van der Waals surface area contributed by atoms with Gasteiger partial charge in [0.25, 0.3) is 0 Å². The molecule has 3 aromatic rings. The maximum absolute atomic E-state index is 10.4. The second-order valence-electron chi connectivity index (χ2n) is 8.11. The highest BCUT2D eigenvalue weighted by molar-refractivity contribution is 5.67. The van der Waals surface area contributed by atoms with Gasteiger partial charge in [-0.15, -0.1) is 0 Å². The third-order valence-corrected chi connectivity index (χ3v) is 6.37. The molecular formula is C25H25NO6. The lowest BCUT2D eigenvalue weighted by Gasteiger charge is -2.40. The zero-order chi connectivity index (χ0) is 22.4. The summed E-state index contributed by atoms with van der Waals surface area (Å²) in [6.07, 6.45) is 0. The van der Waals surface area contributed by atoms with E-state index in [1.54, 1.807) is 25.3 Å². The Bertz CT molecular complexity index is 1180. The Kier molecular flexibility index (Phi) is 4.89. The molecule has 0 aliphatic carbocycles. The molecule has 0 bridgehead atoms. The standard InChI is InChI=1S/C25H25NO6/c1-13-24(14-4-6-18(27)21(9-14)30-3)16-10-22-23(32-12-31-22)11-17(16)26-25(13)15-5-7-20(29-2)19(28)8-15/h4-11,13,24-28H,12H2,1-3H3/t13-,24+,25-/m0/s1. The topological polar surface area (TPSA) is 89.4 Å². The largest absolute Gasteiger partial charge is 0.504 e. The minimum atomic E-state index is -0.0931. The van der Waals surface area contributed by atoms with Gasteiger partial charge in [0.05, 0.1) is 20.3 Å². The minimum absolute atomic E-state index is 0.0236. The van der Waals surface area contributed by atoms with Crippen LogP contribution in [-0.2, 0) is 0 Å². The van der Waals surface area contributed by atoms with Crippen molar-refractivity contribution in [1.29, 1.82) is 0 Å². The third kappa shape index (κ3) is 3.21. The Morgan fingerprint density at radius 3 is 2.28 bits per heavy atom. The van der Waals surface area contributed by atoms with Crippen molar-refractivity contribution in [2.45, 2.75) is 18.9 Å². The molecule has 2 aliphatic heterocycles. The molecule has 0 aromatic heterocycles. The quantitative estimate of drug-likeness (QED) is 0.543. The van der Waals surface area contributed by atoms with E-state index >= 15 is 0 Å². The number of phenols is 2. The van der Waals surface area contributed by atoms with Crippen molar-refractivity contribution in [2.75, 3.05) is 26.3 Å². The highest BCUT2D eigenvalue weighted by Crippen LogP contribution is 2.52. The van der Waals surface area contributed by atoms with Gasteiger partial charge in [-0.1, -0.05) is 19.1 Å². The van der Waals surface area contributed by atoms with Crippen LogP contribution in [0.25, 0.3) is 0 Å². The van der Waals surface area contributed by atoms with Gasteiger partial charge in [0, 0.05) is 17.7 Å². The first-order valence-electron chi connectivity index (χ1n) is 10.4. The van der Waals surface area contributed by atoms with Crippen LogP contribution < -0.4 is 24.3 Å². The lowest BCUT2D eigenvalue weighted by Crippen LogP contribution is -2.30. The van der Waals surface area contributed by atoms with E-state index in [-0.39, 0.29) is 36.2 Å². The Morgan fingerprint density at radius 2 is 1.56 bits per heavy atom. The van der Waals surface area contributed by atoms with E-state index in [0.717, 1.165) is 22.4 Å². The van der Waals surface area contributed by atoms with E-state index in [4.69, 9.17) is 18.9 Å². The second-order valence-corrected chi connectivity index (χ2v) is 8.11. The molecule has 0 radical (unpaired) electrons. The van der Waals surface area contributed by atoms with Crippen LogP contribution >= 0.6 is 0 Å². The summed E-state index contributed by atoms with van der Waals surface area (Å²) in [5.41, 5.74) is 3.96. The highest BCUT2D eigenvalue weighted by Gasteiger charge is 2.37. The number of benzene rings is 3. The number of anilines is 1. The SMILES string of the molecule is COc1ccc([C@H]2Nc3cc4c(cc3[C@@H](c3ccc(O)c(OC)c3)[C@@H]2C)OCO4)cc1O. The number of methoxy groups -OCH3 is 2. The number of aromatic hydroxyl groups is 2. The van der Waals surface area contributed by atoms with Crippen molar-refractivity contribution in [3.8, 4) is 34.5 Å². The van der Waals surface area contributed by atoms with Gasteiger partial charge in [0.1, 0.15) is 0 Å². The lowest BCUT2D eigenvalue weighted by atomic mass is 9.73. The highest BCUT2D eigenvalue weighted by atomic mass is 16.7. The lowest BCUT2D eigenvalue weighted by molar-refractivity contribution is 0.174. The van der Waals surface area contributed by atoms with E-state index in [1.165, 1.54) is 7.11 Å². The van der Waals surface area contributed by atoms with Gasteiger partial charge in [-0.2, -0.15) is 0 Å². The fourth-order valence-corrected chi connectivity index (χ4v) is 4.77. The van der Waals surface area contributed by atoms with Gasteiger partial charge in [0.2, 0.25) is 6.79 Å². The minimum Gasteiger partial charge on any atom is -0.504 e. The third-order valence-electron chi connectivity index (χ3n) is 6.37. The summed E-state index contributed by atoms with van der Waals surface area (Å²) in [4.78, 5) is 0. The number of hydrogen-bond donors (Lipinski definition) is 3. The van der Waals surface area contributed by atoms with Gasteiger partial charge in [-0.3, -0.25) is 0 Å². The molecule has 166 valence electrons. The summed E-state index contributed by atoms with van der Waals surface area (Å²) < 4.78 is 21.8. The Hall–Kier alpha value is -3.74. The van der Waals surface area contributed by atoms with Crippen molar-refractivity contribution in [1.82, 2.24) is 0 Å². The van der Waals surface area contributed by atoms with Gasteiger partial charge >= 0.3 is 0 Å². The first-order valence-corrected chi connectivity index (χ1v) is 10.4. The van der Waals surface area contributed by atoms with Crippen molar-refractivity contribution in [3.05, 3.63) is 65.2 Å². The van der Waals surface area contributed by atoms with Gasteiger partial charge < -0.3 is 34.5 Å². The van der Waals surface area contributed by atoms with Crippen molar-refractivity contribution < 1.29 is 29.2 Å². The maximum atomic E-state index is 10.4. The van der Waals surface area contributed by atoms with Crippen molar-refractivity contribution >= 4 is 5.69 Å². The van der Waals surface area contributed by atoms with E-state index in [1.807, 2.05) is 30.3 Å². The first kappa shape index (κ1) is 20.2. The number of phenolic OH excluding ortho intramolecular Hbond substituents is 2. The molecule has 2 heterocycles. The molecule has 0 saturated carbocycles. The number of fused-ring (bicyclic) bond motifs is 2. The maximum Gasteiger partial charge on any atom is 0.231 e. The fourth-order valence-electron chi connectivity index (χ4n) is 4.77. The molecule has 3 aromatic carbocycles. The number of hydrogen-bond acceptors (Lipinski definition) is 7. The molecule has 0 spiro atoms. The number of ether oxygens (including phenoxy) is 4.